The van der Waals surface area contributed by atoms with Crippen LogP contribution in [0.4, 0.5) is 5.82 Å². The van der Waals surface area contributed by atoms with E-state index >= 15 is 0 Å². The number of aromatic nitrogens is 2. The molecule has 2 aliphatic heterocycles. The number of nitrogens with zero attached hydrogens (tertiary/aromatic N) is 4. The van der Waals surface area contributed by atoms with Gasteiger partial charge in [0.05, 0.1) is 13.2 Å². The molecule has 0 amide bonds. The van der Waals surface area contributed by atoms with Crippen molar-refractivity contribution in [3.8, 4) is 10.7 Å². The minimum Gasteiger partial charge on any atom is -0.379 e. The van der Waals surface area contributed by atoms with Crippen molar-refractivity contribution in [1.82, 2.24) is 14.9 Å². The van der Waals surface area contributed by atoms with Gasteiger partial charge in [-0.1, -0.05) is 18.2 Å². The Morgan fingerprint density at radius 2 is 2.12 bits per heavy atom. The van der Waals surface area contributed by atoms with Crippen molar-refractivity contribution in [1.29, 1.82) is 0 Å². The number of morpholine rings is 1. The van der Waals surface area contributed by atoms with E-state index in [1.807, 2.05) is 23.7 Å². The minimum atomic E-state index is 0.831. The zero-order valence-electron chi connectivity index (χ0n) is 13.5. The summed E-state index contributed by atoms with van der Waals surface area (Å²) in [5.41, 5.74) is 2.24. The molecule has 124 valence electrons. The standard InChI is InChI=1S/C18H20N4OS/c1-4-16(18-19-6-12-24-18)20-17(5-1)22-7-2-3-15(14-22)13-21-8-10-23-11-9-21/h1-6,12,14H,7-11,13H2. The molecule has 1 saturated heterocycles. The molecule has 5 nitrogen and oxygen atoms in total. The highest BCUT2D eigenvalue weighted by atomic mass is 32.1. The lowest BCUT2D eigenvalue weighted by molar-refractivity contribution is 0.0426. The second-order valence-corrected chi connectivity index (χ2v) is 6.76. The summed E-state index contributed by atoms with van der Waals surface area (Å²) in [6.07, 6.45) is 8.45. The molecule has 0 spiro atoms. The number of hydrogen-bond acceptors (Lipinski definition) is 6. The zero-order valence-corrected chi connectivity index (χ0v) is 14.3. The lowest BCUT2D eigenvalue weighted by Crippen LogP contribution is -2.38. The molecule has 2 aromatic rings. The molecule has 4 rings (SSSR count). The third-order valence-corrected chi connectivity index (χ3v) is 4.94. The smallest absolute Gasteiger partial charge is 0.141 e. The first-order chi connectivity index (χ1) is 11.9. The minimum absolute atomic E-state index is 0.831. The van der Waals surface area contributed by atoms with Crippen molar-refractivity contribution in [2.75, 3.05) is 44.3 Å². The van der Waals surface area contributed by atoms with Gasteiger partial charge in [0.15, 0.2) is 0 Å². The molecule has 1 fully saturated rings. The Hall–Kier alpha value is -2.02. The average Bonchev–Trinajstić information content (AvgIpc) is 3.18. The molecule has 0 unspecified atom stereocenters. The summed E-state index contributed by atoms with van der Waals surface area (Å²) in [5, 5.41) is 2.94. The summed E-state index contributed by atoms with van der Waals surface area (Å²) < 4.78 is 5.42. The lowest BCUT2D eigenvalue weighted by Gasteiger charge is -2.29. The highest BCUT2D eigenvalue weighted by molar-refractivity contribution is 7.13. The third kappa shape index (κ3) is 3.56. The fraction of sp³-hybridized carbons (Fsp3) is 0.333. The highest BCUT2D eigenvalue weighted by Crippen LogP contribution is 2.24. The fourth-order valence-electron chi connectivity index (χ4n) is 2.94. The van der Waals surface area contributed by atoms with Crippen molar-refractivity contribution in [3.05, 3.63) is 53.7 Å². The lowest BCUT2D eigenvalue weighted by atomic mass is 10.2. The first-order valence-corrected chi connectivity index (χ1v) is 9.07. The Kier molecular flexibility index (Phi) is 4.69. The van der Waals surface area contributed by atoms with Gasteiger partial charge < -0.3 is 9.64 Å². The summed E-state index contributed by atoms with van der Waals surface area (Å²) in [7, 11) is 0. The normalized spacial score (nSPS) is 18.7. The third-order valence-electron chi connectivity index (χ3n) is 4.15. The Balaban J connectivity index is 1.51. The van der Waals surface area contributed by atoms with E-state index in [0.29, 0.717) is 0 Å². The highest BCUT2D eigenvalue weighted by Gasteiger charge is 2.15. The zero-order chi connectivity index (χ0) is 16.2. The van der Waals surface area contributed by atoms with Crippen molar-refractivity contribution in [3.63, 3.8) is 0 Å². The molecule has 2 aliphatic rings. The van der Waals surface area contributed by atoms with E-state index < -0.39 is 0 Å². The molecule has 4 heterocycles. The van der Waals surface area contributed by atoms with Crippen molar-refractivity contribution in [2.24, 2.45) is 0 Å². The molecule has 0 aromatic carbocycles. The number of rotatable bonds is 4. The molecular weight excluding hydrogens is 320 g/mol. The fourth-order valence-corrected chi connectivity index (χ4v) is 3.54. The van der Waals surface area contributed by atoms with Crippen LogP contribution in [-0.2, 0) is 4.74 Å². The Morgan fingerprint density at radius 3 is 2.96 bits per heavy atom. The largest absolute Gasteiger partial charge is 0.379 e. The molecule has 0 radical (unpaired) electrons. The van der Waals surface area contributed by atoms with E-state index in [2.05, 4.69) is 39.2 Å². The van der Waals surface area contributed by atoms with Gasteiger partial charge in [-0.3, -0.25) is 4.90 Å². The van der Waals surface area contributed by atoms with Crippen LogP contribution in [0, 0.1) is 0 Å². The number of anilines is 1. The van der Waals surface area contributed by atoms with Crippen LogP contribution in [0.15, 0.2) is 53.7 Å². The van der Waals surface area contributed by atoms with Crippen LogP contribution < -0.4 is 4.90 Å². The van der Waals surface area contributed by atoms with Crippen LogP contribution in [0.1, 0.15) is 0 Å². The maximum Gasteiger partial charge on any atom is 0.141 e. The maximum atomic E-state index is 5.42. The average molecular weight is 340 g/mol. The van der Waals surface area contributed by atoms with Gasteiger partial charge in [-0.2, -0.15) is 0 Å². The predicted octanol–water partition coefficient (Wildman–Crippen LogP) is 2.80. The first-order valence-electron chi connectivity index (χ1n) is 8.19. The van der Waals surface area contributed by atoms with Gasteiger partial charge in [-0.25, -0.2) is 9.97 Å². The van der Waals surface area contributed by atoms with Gasteiger partial charge in [-0.15, -0.1) is 11.3 Å². The van der Waals surface area contributed by atoms with Gasteiger partial charge >= 0.3 is 0 Å². The van der Waals surface area contributed by atoms with Crippen molar-refractivity contribution < 1.29 is 4.74 Å². The quantitative estimate of drug-likeness (QED) is 0.856. The summed E-state index contributed by atoms with van der Waals surface area (Å²) >= 11 is 1.62. The molecule has 0 bridgehead atoms. The molecule has 0 atom stereocenters. The number of pyridine rings is 1. The maximum absolute atomic E-state index is 5.42. The van der Waals surface area contributed by atoms with Gasteiger partial charge in [0.25, 0.3) is 0 Å². The van der Waals surface area contributed by atoms with E-state index in [4.69, 9.17) is 9.72 Å². The molecule has 0 aliphatic carbocycles. The van der Waals surface area contributed by atoms with E-state index in [0.717, 1.165) is 55.9 Å². The van der Waals surface area contributed by atoms with Gasteiger partial charge in [0, 0.05) is 44.0 Å². The van der Waals surface area contributed by atoms with Crippen LogP contribution >= 0.6 is 11.3 Å². The van der Waals surface area contributed by atoms with Crippen molar-refractivity contribution in [2.45, 2.75) is 0 Å². The van der Waals surface area contributed by atoms with Gasteiger partial charge in [-0.05, 0) is 17.7 Å². The summed E-state index contributed by atoms with van der Waals surface area (Å²) in [4.78, 5) is 13.8. The van der Waals surface area contributed by atoms with Crippen LogP contribution in [-0.4, -0.2) is 54.3 Å². The number of ether oxygens (including phenoxy) is 1. The van der Waals surface area contributed by atoms with Crippen LogP contribution in [0.2, 0.25) is 0 Å². The van der Waals surface area contributed by atoms with Gasteiger partial charge in [0.2, 0.25) is 0 Å². The molecular formula is C18H20N4OS. The van der Waals surface area contributed by atoms with E-state index in [-0.39, 0.29) is 0 Å². The monoisotopic (exact) mass is 340 g/mol. The predicted molar refractivity (Wildman–Crippen MR) is 97.2 cm³/mol. The Bertz CT molecular complexity index is 735. The van der Waals surface area contributed by atoms with E-state index in [1.165, 1.54) is 5.57 Å². The second kappa shape index (κ2) is 7.25. The van der Waals surface area contributed by atoms with Crippen molar-refractivity contribution >= 4 is 17.2 Å². The van der Waals surface area contributed by atoms with Gasteiger partial charge in [0.1, 0.15) is 16.5 Å². The molecule has 2 aromatic heterocycles. The molecule has 6 heteroatoms. The topological polar surface area (TPSA) is 41.5 Å². The Labute approximate surface area is 145 Å². The number of thiazole rings is 1. The second-order valence-electron chi connectivity index (χ2n) is 5.87. The molecule has 0 saturated carbocycles. The van der Waals surface area contributed by atoms with E-state index in [9.17, 15) is 0 Å². The van der Waals surface area contributed by atoms with Crippen LogP contribution in [0.25, 0.3) is 10.7 Å². The summed E-state index contributed by atoms with van der Waals surface area (Å²) in [6, 6.07) is 6.12. The molecule has 24 heavy (non-hydrogen) atoms. The Morgan fingerprint density at radius 1 is 1.21 bits per heavy atom. The number of hydrogen-bond donors (Lipinski definition) is 0. The first kappa shape index (κ1) is 15.5. The van der Waals surface area contributed by atoms with Crippen LogP contribution in [0.5, 0.6) is 0 Å². The summed E-state index contributed by atoms with van der Waals surface area (Å²) in [5.74, 6) is 0.964. The van der Waals surface area contributed by atoms with E-state index in [1.54, 1.807) is 11.3 Å². The SMILES string of the molecule is C1=CC(CN2CCOCC2)=CN(c2cccc(-c3nccs3)n2)C1. The van der Waals surface area contributed by atoms with Crippen LogP contribution in [0.3, 0.4) is 0 Å². The summed E-state index contributed by atoms with van der Waals surface area (Å²) in [6.45, 7) is 5.48. The molecule has 0 N–H and O–H groups in total.